The van der Waals surface area contributed by atoms with Gasteiger partial charge in [0.05, 0.1) is 5.56 Å². The largest absolute Gasteiger partial charge is 0.416 e. The molecule has 1 aromatic carbocycles. The highest BCUT2D eigenvalue weighted by molar-refractivity contribution is 5.77. The van der Waals surface area contributed by atoms with Gasteiger partial charge in [-0.25, -0.2) is 4.98 Å². The summed E-state index contributed by atoms with van der Waals surface area (Å²) in [5, 5.41) is 3.63. The molecule has 3 aromatic rings. The van der Waals surface area contributed by atoms with Crippen LogP contribution in [0.3, 0.4) is 0 Å². The molecular weight excluding hydrogens is 375 g/mol. The minimum absolute atomic E-state index is 0.112. The van der Waals surface area contributed by atoms with Crippen molar-refractivity contribution in [2.45, 2.75) is 59.7 Å². The van der Waals surface area contributed by atoms with Crippen LogP contribution in [0.2, 0.25) is 0 Å². The van der Waals surface area contributed by atoms with Gasteiger partial charge in [0.2, 0.25) is 0 Å². The van der Waals surface area contributed by atoms with E-state index in [1.54, 1.807) is 0 Å². The maximum atomic E-state index is 13.0. The second kappa shape index (κ2) is 7.08. The van der Waals surface area contributed by atoms with Crippen LogP contribution in [0.25, 0.3) is 16.9 Å². The number of fused-ring (bicyclic) bond motifs is 1. The Morgan fingerprint density at radius 2 is 1.55 bits per heavy atom. The molecule has 1 N–H and O–H groups in total. The number of halogens is 3. The van der Waals surface area contributed by atoms with Crippen LogP contribution in [-0.2, 0) is 6.18 Å². The molecule has 0 bridgehead atoms. The first-order valence-corrected chi connectivity index (χ1v) is 9.71. The summed E-state index contributed by atoms with van der Waals surface area (Å²) in [6.07, 6.45) is -3.45. The number of benzene rings is 1. The third-order valence-electron chi connectivity index (χ3n) is 4.75. The van der Waals surface area contributed by atoms with E-state index >= 15 is 0 Å². The normalized spacial score (nSPS) is 13.1. The number of pyridine rings is 1. The van der Waals surface area contributed by atoms with Gasteiger partial charge in [-0.3, -0.25) is 4.40 Å². The number of anilines is 1. The molecule has 0 fully saturated rings. The van der Waals surface area contributed by atoms with Crippen molar-refractivity contribution in [1.29, 1.82) is 0 Å². The molecule has 0 radical (unpaired) electrons. The van der Waals surface area contributed by atoms with Crippen molar-refractivity contribution in [2.24, 2.45) is 5.41 Å². The molecule has 0 aliphatic rings. The Morgan fingerprint density at radius 3 is 2.10 bits per heavy atom. The number of hydrogen-bond donors (Lipinski definition) is 1. The predicted molar refractivity (Wildman–Crippen MR) is 112 cm³/mol. The summed E-state index contributed by atoms with van der Waals surface area (Å²) in [4.78, 5) is 4.74. The van der Waals surface area contributed by atoms with Gasteiger partial charge in [-0.2, -0.15) is 13.2 Å². The summed E-state index contributed by atoms with van der Waals surface area (Å²) >= 11 is 0. The number of rotatable bonds is 4. The zero-order valence-corrected chi connectivity index (χ0v) is 17.8. The highest BCUT2D eigenvalue weighted by atomic mass is 19.4. The lowest BCUT2D eigenvalue weighted by Gasteiger charge is -2.34. The summed E-state index contributed by atoms with van der Waals surface area (Å²) in [5.74, 6) is 0.798. The van der Waals surface area contributed by atoms with E-state index in [2.05, 4.69) is 39.9 Å². The minimum Gasteiger partial charge on any atom is -0.364 e. The number of imidazole rings is 1. The Labute approximate surface area is 170 Å². The molecule has 0 aliphatic carbocycles. The van der Waals surface area contributed by atoms with Crippen LogP contribution >= 0.6 is 0 Å². The Bertz CT molecular complexity index is 1010. The molecule has 2 aromatic heterocycles. The van der Waals surface area contributed by atoms with Crippen molar-refractivity contribution in [2.75, 3.05) is 5.32 Å². The molecule has 2 heterocycles. The van der Waals surface area contributed by atoms with Gasteiger partial charge in [0.25, 0.3) is 0 Å². The fourth-order valence-electron chi connectivity index (χ4n) is 4.08. The summed E-state index contributed by atoms with van der Waals surface area (Å²) in [5.41, 5.74) is 2.27. The number of aryl methyl sites for hydroxylation is 1. The quantitative estimate of drug-likeness (QED) is 0.510. The lowest BCUT2D eigenvalue weighted by molar-refractivity contribution is -0.137. The molecule has 0 saturated carbocycles. The Kier molecular flexibility index (Phi) is 5.18. The van der Waals surface area contributed by atoms with Crippen molar-refractivity contribution in [3.63, 3.8) is 0 Å². The maximum absolute atomic E-state index is 13.0. The highest BCUT2D eigenvalue weighted by Gasteiger charge is 2.31. The smallest absolute Gasteiger partial charge is 0.364 e. The van der Waals surface area contributed by atoms with Crippen LogP contribution in [0.1, 0.15) is 52.3 Å². The average Bonchev–Trinajstić information content (AvgIpc) is 2.91. The third-order valence-corrected chi connectivity index (χ3v) is 4.75. The third kappa shape index (κ3) is 4.74. The molecule has 156 valence electrons. The predicted octanol–water partition coefficient (Wildman–Crippen LogP) is 6.96. The van der Waals surface area contributed by atoms with Gasteiger partial charge in [0, 0.05) is 16.8 Å². The van der Waals surface area contributed by atoms with Gasteiger partial charge in [0.15, 0.2) is 0 Å². The average molecular weight is 403 g/mol. The van der Waals surface area contributed by atoms with E-state index in [-0.39, 0.29) is 11.0 Å². The standard InChI is InChI=1S/C23H28F3N3/c1-15-8-7-9-18-27-19(16-10-12-17(13-11-16)23(24,25)26)20(29(15)18)28-22(5,6)14-21(2,3)4/h7-13,28H,14H2,1-6H3. The number of aromatic nitrogens is 2. The lowest BCUT2D eigenvalue weighted by Crippen LogP contribution is -2.36. The summed E-state index contributed by atoms with van der Waals surface area (Å²) in [6.45, 7) is 12.8. The first-order chi connectivity index (χ1) is 13.3. The van der Waals surface area contributed by atoms with Gasteiger partial charge in [-0.05, 0) is 56.9 Å². The molecule has 3 nitrogen and oxygen atoms in total. The van der Waals surface area contributed by atoms with Crippen LogP contribution in [0.5, 0.6) is 0 Å². The molecule has 0 unspecified atom stereocenters. The van der Waals surface area contributed by atoms with Crippen molar-refractivity contribution in [3.05, 3.63) is 53.7 Å². The number of nitrogens with zero attached hydrogens (tertiary/aromatic N) is 2. The van der Waals surface area contributed by atoms with Gasteiger partial charge in [-0.15, -0.1) is 0 Å². The summed E-state index contributed by atoms with van der Waals surface area (Å²) < 4.78 is 40.9. The molecule has 0 aliphatic heterocycles. The number of nitrogens with one attached hydrogen (secondary N) is 1. The Morgan fingerprint density at radius 1 is 0.931 bits per heavy atom. The number of alkyl halides is 3. The van der Waals surface area contributed by atoms with Crippen molar-refractivity contribution in [3.8, 4) is 11.3 Å². The fourth-order valence-corrected chi connectivity index (χ4v) is 4.08. The van der Waals surface area contributed by atoms with E-state index < -0.39 is 11.7 Å². The van der Waals surface area contributed by atoms with Crippen LogP contribution in [-0.4, -0.2) is 14.9 Å². The second-order valence-corrected chi connectivity index (χ2v) is 9.49. The molecule has 0 saturated heterocycles. The monoisotopic (exact) mass is 403 g/mol. The Balaban J connectivity index is 2.13. The topological polar surface area (TPSA) is 29.3 Å². The second-order valence-electron chi connectivity index (χ2n) is 9.49. The van der Waals surface area contributed by atoms with E-state index in [1.165, 1.54) is 12.1 Å². The zero-order valence-electron chi connectivity index (χ0n) is 17.8. The molecule has 29 heavy (non-hydrogen) atoms. The van der Waals surface area contributed by atoms with Crippen molar-refractivity contribution in [1.82, 2.24) is 9.38 Å². The molecule has 0 amide bonds. The van der Waals surface area contributed by atoms with Gasteiger partial charge in [-0.1, -0.05) is 39.0 Å². The minimum atomic E-state index is -4.36. The van der Waals surface area contributed by atoms with Crippen LogP contribution < -0.4 is 5.32 Å². The fraction of sp³-hybridized carbons (Fsp3) is 0.435. The van der Waals surface area contributed by atoms with E-state index in [0.29, 0.717) is 11.3 Å². The SMILES string of the molecule is Cc1cccc2nc(-c3ccc(C(F)(F)F)cc3)c(NC(C)(C)CC(C)(C)C)n12. The lowest BCUT2D eigenvalue weighted by atomic mass is 9.82. The molecule has 0 atom stereocenters. The Hall–Kier alpha value is -2.50. The zero-order chi connectivity index (χ0) is 21.6. The van der Waals surface area contributed by atoms with Gasteiger partial charge in [0.1, 0.15) is 17.2 Å². The van der Waals surface area contributed by atoms with Gasteiger partial charge >= 0.3 is 6.18 Å². The van der Waals surface area contributed by atoms with Crippen LogP contribution in [0, 0.1) is 12.3 Å². The summed E-state index contributed by atoms with van der Waals surface area (Å²) in [6, 6.07) is 11.0. The maximum Gasteiger partial charge on any atom is 0.416 e. The molecule has 6 heteroatoms. The van der Waals surface area contributed by atoms with E-state index in [0.717, 1.165) is 35.7 Å². The van der Waals surface area contributed by atoms with E-state index in [1.807, 2.05) is 29.5 Å². The molecule has 3 rings (SSSR count). The highest BCUT2D eigenvalue weighted by Crippen LogP contribution is 2.36. The first kappa shape index (κ1) is 21.2. The van der Waals surface area contributed by atoms with E-state index in [9.17, 15) is 13.2 Å². The van der Waals surface area contributed by atoms with Crippen LogP contribution in [0.15, 0.2) is 42.5 Å². The summed E-state index contributed by atoms with van der Waals surface area (Å²) in [7, 11) is 0. The van der Waals surface area contributed by atoms with Crippen LogP contribution in [0.4, 0.5) is 19.0 Å². The van der Waals surface area contributed by atoms with E-state index in [4.69, 9.17) is 4.98 Å². The molecular formula is C23H28F3N3. The first-order valence-electron chi connectivity index (χ1n) is 9.71. The van der Waals surface area contributed by atoms with Crippen molar-refractivity contribution >= 4 is 11.5 Å². The van der Waals surface area contributed by atoms with Gasteiger partial charge < -0.3 is 5.32 Å². The number of hydrogen-bond acceptors (Lipinski definition) is 2. The molecule has 0 spiro atoms. The van der Waals surface area contributed by atoms with Crippen molar-refractivity contribution < 1.29 is 13.2 Å².